The number of carbonyl (C=O) groups excluding carboxylic acids is 2. The average Bonchev–Trinajstić information content (AvgIpc) is 3.22. The van der Waals surface area contributed by atoms with Crippen LogP contribution in [0.4, 0.5) is 0 Å². The Kier molecular flexibility index (Phi) is 4.43. The molecule has 4 rings (SSSR count). The summed E-state index contributed by atoms with van der Waals surface area (Å²) in [4.78, 5) is 24.2. The number of primary amides is 1. The maximum atomic E-state index is 12.0. The molecule has 144 valence electrons. The third-order valence-corrected chi connectivity index (χ3v) is 5.98. The maximum absolute atomic E-state index is 12.0. The highest BCUT2D eigenvalue weighted by Gasteiger charge is 2.31. The number of aryl methyl sites for hydroxylation is 2. The topological polar surface area (TPSA) is 96.4 Å². The lowest BCUT2D eigenvalue weighted by molar-refractivity contribution is 0.0997. The lowest BCUT2D eigenvalue weighted by Crippen LogP contribution is -2.13. The van der Waals surface area contributed by atoms with Crippen molar-refractivity contribution in [3.63, 3.8) is 0 Å². The van der Waals surface area contributed by atoms with Gasteiger partial charge in [0, 0.05) is 13.1 Å². The monoisotopic (exact) mass is 397 g/mol. The number of Topliss-reactive ketones (excluding diaryl/α,β-unsaturated/α-hetero) is 1. The van der Waals surface area contributed by atoms with E-state index < -0.39 is 5.91 Å². The van der Waals surface area contributed by atoms with Crippen LogP contribution in [0.2, 0.25) is 0 Å². The van der Waals surface area contributed by atoms with E-state index in [1.54, 1.807) is 22.9 Å². The number of thiophene rings is 1. The Labute approximate surface area is 165 Å². The minimum absolute atomic E-state index is 0.0903. The van der Waals surface area contributed by atoms with Crippen LogP contribution in [0.25, 0.3) is 11.3 Å². The van der Waals surface area contributed by atoms with E-state index in [2.05, 4.69) is 5.10 Å². The molecule has 7 nitrogen and oxygen atoms in total. The Morgan fingerprint density at radius 1 is 1.29 bits per heavy atom. The Morgan fingerprint density at radius 2 is 2.07 bits per heavy atom. The molecule has 0 saturated heterocycles. The largest absolute Gasteiger partial charge is 0.496 e. The second-order valence-electron chi connectivity index (χ2n) is 6.60. The highest BCUT2D eigenvalue weighted by atomic mass is 32.1. The van der Waals surface area contributed by atoms with Gasteiger partial charge in [-0.3, -0.25) is 14.3 Å². The number of amides is 1. The van der Waals surface area contributed by atoms with Gasteiger partial charge in [0.25, 0.3) is 5.91 Å². The zero-order valence-electron chi connectivity index (χ0n) is 15.7. The Hall–Kier alpha value is -3.13. The third kappa shape index (κ3) is 2.86. The molecule has 0 aliphatic heterocycles. The molecule has 8 heteroatoms. The SMILES string of the molecule is COc1cc(Oc2sc(C(N)=O)c3c2-c2c(cnn2C)CC3)ccc1C(C)=O. The fourth-order valence-electron chi connectivity index (χ4n) is 3.57. The predicted octanol–water partition coefficient (Wildman–Crippen LogP) is 3.35. The van der Waals surface area contributed by atoms with Crippen LogP contribution in [0.3, 0.4) is 0 Å². The molecule has 0 atom stereocenters. The molecule has 2 N–H and O–H groups in total. The van der Waals surface area contributed by atoms with Crippen LogP contribution < -0.4 is 15.2 Å². The minimum atomic E-state index is -0.466. The summed E-state index contributed by atoms with van der Waals surface area (Å²) in [6.07, 6.45) is 3.35. The number of hydrogen-bond donors (Lipinski definition) is 1. The van der Waals surface area contributed by atoms with Gasteiger partial charge in [-0.25, -0.2) is 0 Å². The van der Waals surface area contributed by atoms with Crippen LogP contribution in [0.1, 0.15) is 38.1 Å². The second-order valence-corrected chi connectivity index (χ2v) is 7.58. The molecular weight excluding hydrogens is 378 g/mol. The fraction of sp³-hybridized carbons (Fsp3) is 0.250. The van der Waals surface area contributed by atoms with Crippen molar-refractivity contribution in [2.45, 2.75) is 19.8 Å². The lowest BCUT2D eigenvalue weighted by atomic mass is 9.91. The number of carbonyl (C=O) groups is 2. The van der Waals surface area contributed by atoms with Crippen molar-refractivity contribution < 1.29 is 19.1 Å². The van der Waals surface area contributed by atoms with E-state index in [0.29, 0.717) is 33.4 Å². The number of ketones is 1. The summed E-state index contributed by atoms with van der Waals surface area (Å²) in [7, 11) is 3.37. The quantitative estimate of drug-likeness (QED) is 0.666. The van der Waals surface area contributed by atoms with Crippen LogP contribution in [0.15, 0.2) is 24.4 Å². The normalized spacial score (nSPS) is 12.2. The van der Waals surface area contributed by atoms with Gasteiger partial charge in [0.05, 0.1) is 35.0 Å². The molecule has 2 aromatic heterocycles. The molecule has 1 amide bonds. The van der Waals surface area contributed by atoms with Gasteiger partial charge < -0.3 is 15.2 Å². The van der Waals surface area contributed by atoms with Gasteiger partial charge >= 0.3 is 0 Å². The van der Waals surface area contributed by atoms with Crippen LogP contribution in [0.5, 0.6) is 16.6 Å². The number of nitrogens with two attached hydrogens (primary N) is 1. The van der Waals surface area contributed by atoms with Gasteiger partial charge in [-0.2, -0.15) is 5.10 Å². The van der Waals surface area contributed by atoms with Gasteiger partial charge in [-0.05, 0) is 43.0 Å². The van der Waals surface area contributed by atoms with E-state index in [4.69, 9.17) is 15.2 Å². The first-order chi connectivity index (χ1) is 13.4. The van der Waals surface area contributed by atoms with Gasteiger partial charge in [-0.15, -0.1) is 0 Å². The van der Waals surface area contributed by atoms with Crippen molar-refractivity contribution >= 4 is 23.0 Å². The minimum Gasteiger partial charge on any atom is -0.496 e. The predicted molar refractivity (Wildman–Crippen MR) is 106 cm³/mol. The first kappa shape index (κ1) is 18.2. The number of rotatable bonds is 5. The molecule has 0 radical (unpaired) electrons. The molecule has 2 heterocycles. The summed E-state index contributed by atoms with van der Waals surface area (Å²) in [6.45, 7) is 1.48. The van der Waals surface area contributed by atoms with Crippen LogP contribution >= 0.6 is 11.3 Å². The summed E-state index contributed by atoms with van der Waals surface area (Å²) in [5.74, 6) is 0.390. The van der Waals surface area contributed by atoms with E-state index >= 15 is 0 Å². The first-order valence-corrected chi connectivity index (χ1v) is 9.56. The first-order valence-electron chi connectivity index (χ1n) is 8.74. The van der Waals surface area contributed by atoms with Crippen molar-refractivity contribution in [2.75, 3.05) is 7.11 Å². The van der Waals surface area contributed by atoms with Crippen LogP contribution in [-0.4, -0.2) is 28.6 Å². The average molecular weight is 397 g/mol. The zero-order chi connectivity index (χ0) is 20.0. The molecule has 28 heavy (non-hydrogen) atoms. The molecule has 0 unspecified atom stereocenters. The van der Waals surface area contributed by atoms with E-state index in [1.807, 2.05) is 13.2 Å². The van der Waals surface area contributed by atoms with Crippen molar-refractivity contribution in [1.29, 1.82) is 0 Å². The molecular formula is C20H19N3O4S. The van der Waals surface area contributed by atoms with Crippen molar-refractivity contribution in [3.05, 3.63) is 46.0 Å². The number of hydrogen-bond acceptors (Lipinski definition) is 6. The summed E-state index contributed by atoms with van der Waals surface area (Å²) in [6, 6.07) is 5.04. The van der Waals surface area contributed by atoms with Crippen LogP contribution in [-0.2, 0) is 19.9 Å². The maximum Gasteiger partial charge on any atom is 0.259 e. The Balaban J connectivity index is 1.83. The lowest BCUT2D eigenvalue weighted by Gasteiger charge is -2.16. The van der Waals surface area contributed by atoms with Gasteiger partial charge in [0.15, 0.2) is 10.8 Å². The molecule has 0 saturated carbocycles. The van der Waals surface area contributed by atoms with Crippen molar-refractivity contribution in [3.8, 4) is 27.8 Å². The van der Waals surface area contributed by atoms with Crippen molar-refractivity contribution in [2.24, 2.45) is 12.8 Å². The number of nitrogens with zero attached hydrogens (tertiary/aromatic N) is 2. The Morgan fingerprint density at radius 3 is 2.75 bits per heavy atom. The summed E-state index contributed by atoms with van der Waals surface area (Å²) in [5, 5.41) is 4.92. The number of fused-ring (bicyclic) bond motifs is 3. The molecule has 1 aromatic carbocycles. The number of benzene rings is 1. The standard InChI is InChI=1S/C20H19N3O4S/c1-10(24)13-7-5-12(8-15(13)26-3)27-20-16-14(18(28-20)19(21)25)6-4-11-9-22-23(2)17(11)16/h5,7-9H,4,6H2,1-3H3,(H2,21,25). The smallest absolute Gasteiger partial charge is 0.259 e. The number of methoxy groups -OCH3 is 1. The highest BCUT2D eigenvalue weighted by Crippen LogP contribution is 2.48. The highest BCUT2D eigenvalue weighted by molar-refractivity contribution is 7.16. The van der Waals surface area contributed by atoms with E-state index in [1.165, 1.54) is 25.4 Å². The number of aromatic nitrogens is 2. The summed E-state index contributed by atoms with van der Waals surface area (Å²) < 4.78 is 13.3. The molecule has 0 spiro atoms. The van der Waals surface area contributed by atoms with Crippen LogP contribution in [0, 0.1) is 0 Å². The third-order valence-electron chi connectivity index (χ3n) is 4.86. The van der Waals surface area contributed by atoms with E-state index in [-0.39, 0.29) is 5.78 Å². The van der Waals surface area contributed by atoms with Gasteiger partial charge in [0.1, 0.15) is 11.5 Å². The molecule has 1 aliphatic rings. The number of ether oxygens (including phenoxy) is 2. The van der Waals surface area contributed by atoms with Crippen molar-refractivity contribution in [1.82, 2.24) is 9.78 Å². The van der Waals surface area contributed by atoms with E-state index in [0.717, 1.165) is 28.8 Å². The van der Waals surface area contributed by atoms with Gasteiger partial charge in [-0.1, -0.05) is 11.3 Å². The summed E-state index contributed by atoms with van der Waals surface area (Å²) >= 11 is 1.23. The molecule has 3 aromatic rings. The van der Waals surface area contributed by atoms with E-state index in [9.17, 15) is 9.59 Å². The molecule has 0 bridgehead atoms. The molecule has 1 aliphatic carbocycles. The van der Waals surface area contributed by atoms with Gasteiger partial charge in [0.2, 0.25) is 0 Å². The summed E-state index contributed by atoms with van der Waals surface area (Å²) in [5.41, 5.74) is 9.90. The Bertz CT molecular complexity index is 1110. The zero-order valence-corrected chi connectivity index (χ0v) is 16.6. The second kappa shape index (κ2) is 6.79. The molecule has 0 fully saturated rings. The fourth-order valence-corrected chi connectivity index (χ4v) is 4.65.